The maximum absolute atomic E-state index is 15.3. The van der Waals surface area contributed by atoms with Crippen molar-refractivity contribution in [1.29, 1.82) is 0 Å². The first-order chi connectivity index (χ1) is 47.2. The van der Waals surface area contributed by atoms with E-state index in [1.54, 1.807) is 24.7 Å². The zero-order valence-corrected chi connectivity index (χ0v) is 56.2. The molecule has 0 bridgehead atoms. The number of carbonyl (C=O) groups excluding carboxylic acids is 7. The van der Waals surface area contributed by atoms with Crippen LogP contribution in [0, 0.1) is 0 Å². The number of hydrogen-bond acceptors (Lipinski definition) is 12. The number of aromatic amines is 3. The van der Waals surface area contributed by atoms with Gasteiger partial charge in [-0.25, -0.2) is 4.79 Å². The molecule has 3 aromatic carbocycles. The number of amides is 7. The van der Waals surface area contributed by atoms with E-state index in [1.807, 2.05) is 66.7 Å². The van der Waals surface area contributed by atoms with E-state index in [0.717, 1.165) is 58.4 Å². The number of carbonyl (C=O) groups is 8. The second kappa shape index (κ2) is 41.0. The normalized spacial score (nSPS) is 13.4. The molecule has 29 heteroatoms. The lowest BCUT2D eigenvalue weighted by atomic mass is 10.0. The maximum atomic E-state index is 15.3. The van der Waals surface area contributed by atoms with Crippen molar-refractivity contribution in [2.24, 2.45) is 55.1 Å². The number of guanidine groups is 3. The van der Waals surface area contributed by atoms with Gasteiger partial charge in [-0.1, -0.05) is 113 Å². The Morgan fingerprint density at radius 2 is 0.745 bits per heavy atom. The number of para-hydroxylation sites is 3. The molecule has 0 aliphatic carbocycles. The molecular formula is C69H102N20O9. The molecule has 0 saturated carbocycles. The van der Waals surface area contributed by atoms with E-state index in [-0.39, 0.29) is 101 Å². The highest BCUT2D eigenvalue weighted by molar-refractivity contribution is 5.98. The summed E-state index contributed by atoms with van der Waals surface area (Å²) in [6, 6.07) is 12.5. The molecule has 7 atom stereocenters. The summed E-state index contributed by atoms with van der Waals surface area (Å²) in [4.78, 5) is 136. The number of hydrogen-bond donors (Lipinski definition) is 18. The van der Waals surface area contributed by atoms with Crippen LogP contribution in [0.15, 0.2) is 106 Å². The molecule has 0 saturated heterocycles. The zero-order valence-electron chi connectivity index (χ0n) is 56.2. The van der Waals surface area contributed by atoms with E-state index in [0.29, 0.717) is 48.9 Å². The minimum absolute atomic E-state index is 0.0112. The van der Waals surface area contributed by atoms with Crippen molar-refractivity contribution in [1.82, 2.24) is 52.2 Å². The summed E-state index contributed by atoms with van der Waals surface area (Å²) < 4.78 is 0. The number of aromatic nitrogens is 3. The maximum Gasteiger partial charge on any atom is 0.326 e. The van der Waals surface area contributed by atoms with E-state index >= 15 is 14.4 Å². The average molecular weight is 1360 g/mol. The molecule has 0 fully saturated rings. The van der Waals surface area contributed by atoms with Gasteiger partial charge in [-0.15, -0.1) is 0 Å². The molecule has 3 aromatic heterocycles. The van der Waals surface area contributed by atoms with Crippen molar-refractivity contribution < 1.29 is 43.5 Å². The van der Waals surface area contributed by atoms with Crippen molar-refractivity contribution >= 4 is 97.9 Å². The molecule has 0 spiro atoms. The minimum Gasteiger partial charge on any atom is -0.480 e. The van der Waals surface area contributed by atoms with Gasteiger partial charge in [0.25, 0.3) is 0 Å². The lowest BCUT2D eigenvalue weighted by Crippen LogP contribution is -2.60. The molecule has 0 aliphatic heterocycles. The minimum atomic E-state index is -1.47. The van der Waals surface area contributed by atoms with Gasteiger partial charge in [-0.05, 0) is 99.1 Å². The second-order valence-corrected chi connectivity index (χ2v) is 24.8. The highest BCUT2D eigenvalue weighted by Gasteiger charge is 2.35. The molecule has 25 N–H and O–H groups in total. The number of nitrogens with zero attached hydrogens (tertiary/aromatic N) is 3. The third-order valence-corrected chi connectivity index (χ3v) is 17.0. The third-order valence-electron chi connectivity index (χ3n) is 17.0. The summed E-state index contributed by atoms with van der Waals surface area (Å²) in [6.07, 6.45) is 16.7. The van der Waals surface area contributed by atoms with Gasteiger partial charge in [0.2, 0.25) is 41.4 Å². The molecule has 29 nitrogen and oxygen atoms in total. The topological polar surface area (TPSA) is 508 Å². The Labute approximate surface area is 571 Å². The van der Waals surface area contributed by atoms with Crippen LogP contribution >= 0.6 is 0 Å². The van der Waals surface area contributed by atoms with E-state index in [9.17, 15) is 29.1 Å². The quantitative estimate of drug-likeness (QED) is 0.0148. The van der Waals surface area contributed by atoms with Gasteiger partial charge < -0.3 is 97.4 Å². The molecular weight excluding hydrogens is 1250 g/mol. The summed E-state index contributed by atoms with van der Waals surface area (Å²) >= 11 is 0. The number of H-pyrrole nitrogens is 3. The van der Waals surface area contributed by atoms with Gasteiger partial charge in [-0.2, -0.15) is 0 Å². The molecule has 7 amide bonds. The fourth-order valence-corrected chi connectivity index (χ4v) is 11.7. The molecule has 0 radical (unpaired) electrons. The Balaban J connectivity index is 1.25. The summed E-state index contributed by atoms with van der Waals surface area (Å²) in [6.45, 7) is 2.79. The first-order valence-corrected chi connectivity index (χ1v) is 34.1. The molecule has 532 valence electrons. The lowest BCUT2D eigenvalue weighted by molar-refractivity contribution is -0.142. The molecule has 3 heterocycles. The summed E-state index contributed by atoms with van der Waals surface area (Å²) in [5, 5.41) is 32.4. The number of benzene rings is 3. The van der Waals surface area contributed by atoms with Crippen LogP contribution in [0.2, 0.25) is 0 Å². The predicted octanol–water partition coefficient (Wildman–Crippen LogP) is 2.85. The smallest absolute Gasteiger partial charge is 0.326 e. The number of carboxylic acid groups (broad SMARTS) is 1. The van der Waals surface area contributed by atoms with Crippen molar-refractivity contribution in [3.8, 4) is 0 Å². The Kier molecular flexibility index (Phi) is 32.2. The summed E-state index contributed by atoms with van der Waals surface area (Å²) in [5.41, 5.74) is 44.2. The van der Waals surface area contributed by atoms with Crippen molar-refractivity contribution in [3.05, 3.63) is 108 Å². The van der Waals surface area contributed by atoms with Crippen molar-refractivity contribution in [2.75, 3.05) is 26.2 Å². The van der Waals surface area contributed by atoms with Gasteiger partial charge >= 0.3 is 5.97 Å². The number of unbranched alkanes of at least 4 members (excludes halogenated alkanes) is 9. The number of aliphatic carboxylic acids is 1. The third kappa shape index (κ3) is 26.1. The Bertz CT molecular complexity index is 3640. The molecule has 6 rings (SSSR count). The fourth-order valence-electron chi connectivity index (χ4n) is 11.7. The van der Waals surface area contributed by atoms with Crippen LogP contribution in [0.25, 0.3) is 32.7 Å². The van der Waals surface area contributed by atoms with Crippen LogP contribution in [0.4, 0.5) is 0 Å². The summed E-state index contributed by atoms with van der Waals surface area (Å²) in [5.74, 6) is -6.70. The van der Waals surface area contributed by atoms with E-state index in [2.05, 4.69) is 74.1 Å². The van der Waals surface area contributed by atoms with Gasteiger partial charge in [-0.3, -0.25) is 48.5 Å². The van der Waals surface area contributed by atoms with Crippen molar-refractivity contribution in [3.63, 3.8) is 0 Å². The second-order valence-electron chi connectivity index (χ2n) is 24.8. The Morgan fingerprint density at radius 3 is 1.14 bits per heavy atom. The number of aliphatic imine (C=N–C) groups is 3. The standard InChI is InChI=1S/C69H102N20O9/c1-2-3-4-5-6-7-8-9-10-32-59(90)77-33-18-17-29-55(66(97)98)86-65(96)58(39-45-42-83-52-28-16-13-24-48(45)52)89-62(93)54(31-21-36-80-69(75)76)85-64(95)57(38-44-41-82-51-27-15-12-23-47(44)51)88-61(92)53(30-20-35-79-68(73)74)84-63(94)56(37-43-40-81-50-26-14-11-22-46(43)50)87-60(91)49(70)25-19-34-78-67(71)72/h11-16,22-24,26-28,40-42,49,53-58,81-83H,2-10,17-21,25,29-39,70H2,1H3,(H,77,90)(H,84,94)(H,85,95)(H,86,96)(H,87,91)(H,88,92)(H,89,93)(H,97,98)(H4,71,72,78)(H4,73,74,79)(H4,75,76,80)/t49-,53-,54-,55-,56-,57-,58-/m0/s1. The van der Waals surface area contributed by atoms with E-state index in [4.69, 9.17) is 40.1 Å². The number of nitrogens with two attached hydrogens (primary N) is 7. The fraction of sp³-hybridized carbons (Fsp3) is 0.493. The van der Waals surface area contributed by atoms with Gasteiger partial charge in [0.1, 0.15) is 36.3 Å². The SMILES string of the molecule is CCCCCCCCCCCC(=O)NCCCC[C@H](NC(=O)[C@H](Cc1c[nH]c2ccccc12)NC(=O)[C@H](CCCN=C(N)N)NC(=O)[C@H](Cc1c[nH]c2ccccc12)NC(=O)[C@H](CCCN=C(N)N)NC(=O)[C@H](Cc1c[nH]c2ccccc12)NC(=O)[C@@H](N)CCCN=C(N)N)C(=O)O. The molecule has 0 unspecified atom stereocenters. The average Bonchev–Trinajstić information content (AvgIpc) is 1.66. The van der Waals surface area contributed by atoms with Crippen LogP contribution < -0.4 is 77.4 Å². The zero-order chi connectivity index (χ0) is 70.8. The first-order valence-electron chi connectivity index (χ1n) is 34.1. The van der Waals surface area contributed by atoms with Gasteiger partial charge in [0.05, 0.1) is 6.04 Å². The van der Waals surface area contributed by atoms with Crippen LogP contribution in [0.5, 0.6) is 0 Å². The molecule has 0 aliphatic rings. The highest BCUT2D eigenvalue weighted by Crippen LogP contribution is 2.23. The van der Waals surface area contributed by atoms with Gasteiger partial charge in [0, 0.05) is 103 Å². The molecule has 98 heavy (non-hydrogen) atoms. The monoisotopic (exact) mass is 1350 g/mol. The predicted molar refractivity (Wildman–Crippen MR) is 382 cm³/mol. The first kappa shape index (κ1) is 76.8. The summed E-state index contributed by atoms with van der Waals surface area (Å²) in [7, 11) is 0. The Hall–Kier alpha value is -10.2. The van der Waals surface area contributed by atoms with E-state index in [1.165, 1.54) is 32.1 Å². The van der Waals surface area contributed by atoms with Crippen LogP contribution in [-0.4, -0.2) is 154 Å². The number of fused-ring (bicyclic) bond motifs is 3. The van der Waals surface area contributed by atoms with Crippen LogP contribution in [0.1, 0.15) is 146 Å². The van der Waals surface area contributed by atoms with Crippen LogP contribution in [0.3, 0.4) is 0 Å². The lowest BCUT2D eigenvalue weighted by Gasteiger charge is -2.28. The molecule has 6 aromatic rings. The van der Waals surface area contributed by atoms with E-state index < -0.39 is 83.7 Å². The van der Waals surface area contributed by atoms with Crippen LogP contribution in [-0.2, 0) is 57.6 Å². The highest BCUT2D eigenvalue weighted by atomic mass is 16.4. The Morgan fingerprint density at radius 1 is 0.408 bits per heavy atom. The van der Waals surface area contributed by atoms with Crippen molar-refractivity contribution in [2.45, 2.75) is 190 Å². The number of nitrogens with one attached hydrogen (secondary N) is 10. The van der Waals surface area contributed by atoms with Gasteiger partial charge in [0.15, 0.2) is 17.9 Å². The number of rotatable bonds is 46. The largest absolute Gasteiger partial charge is 0.480 e. The number of carboxylic acids is 1.